The Balaban J connectivity index is 1.64. The molecule has 2 heterocycles. The Morgan fingerprint density at radius 1 is 1.31 bits per heavy atom. The molecule has 2 saturated heterocycles. The Hall–Kier alpha value is -1.44. The number of hydrogen-bond donors (Lipinski definition) is 2. The van der Waals surface area contributed by atoms with Crippen LogP contribution < -0.4 is 0 Å². The topological polar surface area (TPSA) is 106 Å². The van der Waals surface area contributed by atoms with E-state index in [4.69, 9.17) is 14.2 Å². The number of esters is 2. The van der Waals surface area contributed by atoms with Crippen LogP contribution in [0, 0.1) is 22.7 Å². The van der Waals surface area contributed by atoms with Crippen LogP contribution in [-0.2, 0) is 23.8 Å². The van der Waals surface area contributed by atoms with Crippen molar-refractivity contribution in [3.63, 3.8) is 0 Å². The van der Waals surface area contributed by atoms with Crippen LogP contribution in [0.15, 0.2) is 11.6 Å². The van der Waals surface area contributed by atoms with Gasteiger partial charge in [0.25, 0.3) is 0 Å². The molecule has 4 aliphatic rings. The summed E-state index contributed by atoms with van der Waals surface area (Å²) in [4.78, 5) is 23.6. The smallest absolute Gasteiger partial charge is 0.336 e. The van der Waals surface area contributed by atoms with Crippen molar-refractivity contribution < 1.29 is 34.0 Å². The van der Waals surface area contributed by atoms with Crippen molar-refractivity contribution in [3.8, 4) is 0 Å². The third-order valence-electron chi connectivity index (χ3n) is 8.26. The van der Waals surface area contributed by atoms with Gasteiger partial charge in [-0.25, -0.2) is 4.79 Å². The third kappa shape index (κ3) is 3.22. The van der Waals surface area contributed by atoms with Gasteiger partial charge in [-0.2, -0.15) is 0 Å². The first-order chi connectivity index (χ1) is 13.7. The number of aliphatic hydroxyl groups excluding tert-OH is 2. The molecule has 0 aromatic heterocycles. The molecule has 2 saturated carbocycles. The summed E-state index contributed by atoms with van der Waals surface area (Å²) in [5.74, 6) is -0.437. The van der Waals surface area contributed by atoms with Gasteiger partial charge in [0.1, 0.15) is 18.8 Å². The van der Waals surface area contributed by atoms with Crippen LogP contribution in [0.25, 0.3) is 0 Å². The van der Waals surface area contributed by atoms with Gasteiger partial charge < -0.3 is 24.4 Å². The van der Waals surface area contributed by atoms with Gasteiger partial charge >= 0.3 is 11.9 Å². The molecule has 7 heteroatoms. The minimum Gasteiger partial charge on any atom is -0.462 e. The van der Waals surface area contributed by atoms with Crippen LogP contribution in [0.5, 0.6) is 0 Å². The quantitative estimate of drug-likeness (QED) is 0.415. The van der Waals surface area contributed by atoms with E-state index in [1.54, 1.807) is 0 Å². The fourth-order valence-electron chi connectivity index (χ4n) is 6.62. The highest BCUT2D eigenvalue weighted by molar-refractivity contribution is 5.91. The maximum atomic E-state index is 11.9. The molecular weight excluding hydrogens is 376 g/mol. The van der Waals surface area contributed by atoms with Crippen molar-refractivity contribution in [3.05, 3.63) is 11.6 Å². The van der Waals surface area contributed by atoms with Gasteiger partial charge in [0.2, 0.25) is 0 Å². The lowest BCUT2D eigenvalue weighted by molar-refractivity contribution is -0.196. The highest BCUT2D eigenvalue weighted by Gasteiger charge is 2.67. The second-order valence-electron chi connectivity index (χ2n) is 9.81. The third-order valence-corrected chi connectivity index (χ3v) is 8.26. The maximum absolute atomic E-state index is 11.9. The SMILES string of the molecule is CC(=O)O[C@@H]1CC[C@]2(C)[C@H](CC[C@@]3(CO3)[C@H]2C/C=C2/C(=O)OC[C@H]2O)[C@]1(C)CO. The minimum atomic E-state index is -0.867. The zero-order valence-corrected chi connectivity index (χ0v) is 17.5. The lowest BCUT2D eigenvalue weighted by Crippen LogP contribution is -2.61. The minimum absolute atomic E-state index is 0.0174. The first-order valence-corrected chi connectivity index (χ1v) is 10.6. The molecule has 0 unspecified atom stereocenters. The van der Waals surface area contributed by atoms with Crippen molar-refractivity contribution in [2.75, 3.05) is 19.8 Å². The molecule has 7 atom stereocenters. The van der Waals surface area contributed by atoms with Gasteiger partial charge in [-0.1, -0.05) is 19.9 Å². The van der Waals surface area contributed by atoms with E-state index in [1.807, 2.05) is 13.0 Å². The molecule has 0 amide bonds. The number of rotatable bonds is 4. The Morgan fingerprint density at radius 3 is 2.59 bits per heavy atom. The molecule has 7 nitrogen and oxygen atoms in total. The van der Waals surface area contributed by atoms with Crippen molar-refractivity contribution >= 4 is 11.9 Å². The van der Waals surface area contributed by atoms with Crippen molar-refractivity contribution in [2.24, 2.45) is 22.7 Å². The standard InChI is InChI=1S/C22H32O7/c1-13(24)29-18-7-8-20(2)16(21(18,3)11-23)6-9-22(12-28-22)17(20)5-4-14-15(25)10-27-19(14)26/h4,15-18,23,25H,5-12H2,1-3H3/b14-4+/t15-,16+,17+,18-,20-,21+,22-/m1/s1. The summed E-state index contributed by atoms with van der Waals surface area (Å²) in [5.41, 5.74) is -0.509. The van der Waals surface area contributed by atoms with E-state index in [1.165, 1.54) is 6.92 Å². The number of aliphatic hydroxyl groups is 2. The second-order valence-corrected chi connectivity index (χ2v) is 9.81. The fraction of sp³-hybridized carbons (Fsp3) is 0.818. The number of carbonyl (C=O) groups excluding carboxylic acids is 2. The molecule has 1 spiro atoms. The summed E-state index contributed by atoms with van der Waals surface area (Å²) in [6.45, 7) is 6.38. The molecular formula is C22H32O7. The Kier molecular flexibility index (Phi) is 5.07. The van der Waals surface area contributed by atoms with E-state index in [-0.39, 0.29) is 48.1 Å². The highest BCUT2D eigenvalue weighted by atomic mass is 16.6. The summed E-state index contributed by atoms with van der Waals surface area (Å²) in [6.07, 6.45) is 4.62. The first-order valence-electron chi connectivity index (χ1n) is 10.6. The van der Waals surface area contributed by atoms with Gasteiger partial charge in [-0.05, 0) is 49.4 Å². The summed E-state index contributed by atoms with van der Waals surface area (Å²) < 4.78 is 16.5. The summed E-state index contributed by atoms with van der Waals surface area (Å²) >= 11 is 0. The lowest BCUT2D eigenvalue weighted by Gasteiger charge is -2.61. The fourth-order valence-corrected chi connectivity index (χ4v) is 6.62. The zero-order chi connectivity index (χ0) is 21.0. The Morgan fingerprint density at radius 2 is 2.03 bits per heavy atom. The zero-order valence-electron chi connectivity index (χ0n) is 17.5. The number of cyclic esters (lactones) is 1. The van der Waals surface area contributed by atoms with E-state index in [2.05, 4.69) is 6.92 Å². The number of fused-ring (bicyclic) bond motifs is 1. The molecule has 29 heavy (non-hydrogen) atoms. The van der Waals surface area contributed by atoms with E-state index in [0.717, 1.165) is 19.3 Å². The predicted molar refractivity (Wildman–Crippen MR) is 103 cm³/mol. The molecule has 0 bridgehead atoms. The van der Waals surface area contributed by atoms with E-state index in [0.29, 0.717) is 25.0 Å². The largest absolute Gasteiger partial charge is 0.462 e. The number of carbonyl (C=O) groups is 2. The van der Waals surface area contributed by atoms with Gasteiger partial charge in [0, 0.05) is 12.3 Å². The van der Waals surface area contributed by atoms with E-state index < -0.39 is 17.5 Å². The average molecular weight is 408 g/mol. The average Bonchev–Trinajstić information content (AvgIpc) is 3.36. The first kappa shape index (κ1) is 20.8. The molecule has 0 aromatic rings. The number of allylic oxidation sites excluding steroid dienone is 1. The molecule has 4 rings (SSSR count). The lowest BCUT2D eigenvalue weighted by atomic mass is 9.45. The summed E-state index contributed by atoms with van der Waals surface area (Å²) in [6, 6.07) is 0. The monoisotopic (exact) mass is 408 g/mol. The Bertz CT molecular complexity index is 727. The van der Waals surface area contributed by atoms with Crippen LogP contribution >= 0.6 is 0 Å². The van der Waals surface area contributed by atoms with Gasteiger partial charge in [-0.3, -0.25) is 4.79 Å². The van der Waals surface area contributed by atoms with Gasteiger partial charge in [0.05, 0.1) is 24.4 Å². The number of ether oxygens (including phenoxy) is 3. The van der Waals surface area contributed by atoms with Crippen molar-refractivity contribution in [1.82, 2.24) is 0 Å². The second kappa shape index (κ2) is 7.06. The molecule has 2 aliphatic heterocycles. The van der Waals surface area contributed by atoms with Crippen molar-refractivity contribution in [2.45, 2.75) is 70.7 Å². The van der Waals surface area contributed by atoms with Crippen molar-refractivity contribution in [1.29, 1.82) is 0 Å². The van der Waals surface area contributed by atoms with Gasteiger partial charge in [0.15, 0.2) is 0 Å². The summed E-state index contributed by atoms with van der Waals surface area (Å²) in [5, 5.41) is 20.4. The van der Waals surface area contributed by atoms with Gasteiger partial charge in [-0.15, -0.1) is 0 Å². The van der Waals surface area contributed by atoms with Crippen LogP contribution in [-0.4, -0.2) is 59.8 Å². The van der Waals surface area contributed by atoms with E-state index in [9.17, 15) is 19.8 Å². The highest BCUT2D eigenvalue weighted by Crippen LogP contribution is 2.66. The predicted octanol–water partition coefficient (Wildman–Crippen LogP) is 1.75. The van der Waals surface area contributed by atoms with E-state index >= 15 is 0 Å². The molecule has 2 N–H and O–H groups in total. The Labute approximate surface area is 171 Å². The number of hydrogen-bond acceptors (Lipinski definition) is 7. The van der Waals surface area contributed by atoms with Crippen LogP contribution in [0.2, 0.25) is 0 Å². The molecule has 0 radical (unpaired) electrons. The molecule has 162 valence electrons. The summed E-state index contributed by atoms with van der Waals surface area (Å²) in [7, 11) is 0. The molecule has 0 aromatic carbocycles. The van der Waals surface area contributed by atoms with Crippen LogP contribution in [0.4, 0.5) is 0 Å². The number of epoxide rings is 1. The molecule has 2 aliphatic carbocycles. The van der Waals surface area contributed by atoms with Crippen LogP contribution in [0.3, 0.4) is 0 Å². The van der Waals surface area contributed by atoms with Crippen LogP contribution in [0.1, 0.15) is 52.9 Å². The normalized spacial score (nSPS) is 47.8. The molecule has 4 fully saturated rings. The maximum Gasteiger partial charge on any atom is 0.336 e.